The van der Waals surface area contributed by atoms with Crippen LogP contribution in [0, 0.1) is 5.92 Å². The van der Waals surface area contributed by atoms with E-state index in [9.17, 15) is 0 Å². The summed E-state index contributed by atoms with van der Waals surface area (Å²) in [6.45, 7) is 11.0. The van der Waals surface area contributed by atoms with Crippen molar-refractivity contribution in [2.24, 2.45) is 16.0 Å². The van der Waals surface area contributed by atoms with E-state index in [-0.39, 0.29) is 6.04 Å². The highest BCUT2D eigenvalue weighted by Gasteiger charge is 2.31. The van der Waals surface area contributed by atoms with E-state index in [0.29, 0.717) is 5.92 Å². The number of piperazine rings is 1. The van der Waals surface area contributed by atoms with Gasteiger partial charge in [0, 0.05) is 38.8 Å². The van der Waals surface area contributed by atoms with Crippen LogP contribution in [0.4, 0.5) is 0 Å². The molecule has 3 aliphatic heterocycles. The number of aliphatic imine (C=N–C) groups is 1. The Labute approximate surface area is 172 Å². The minimum atomic E-state index is 0.237. The summed E-state index contributed by atoms with van der Waals surface area (Å²) in [6.07, 6.45) is 6.36. The number of allylic oxidation sites excluding steroid dienone is 2. The average Bonchev–Trinajstić information content (AvgIpc) is 3.14. The van der Waals surface area contributed by atoms with Crippen molar-refractivity contribution in [2.45, 2.75) is 39.7 Å². The first-order valence-electron chi connectivity index (χ1n) is 10.3. The zero-order valence-corrected chi connectivity index (χ0v) is 18.2. The van der Waals surface area contributed by atoms with Gasteiger partial charge < -0.3 is 9.80 Å². The summed E-state index contributed by atoms with van der Waals surface area (Å²) < 4.78 is 0. The minimum absolute atomic E-state index is 0.237. The molecule has 1 aromatic rings. The van der Waals surface area contributed by atoms with E-state index in [1.165, 1.54) is 21.8 Å². The van der Waals surface area contributed by atoms with Gasteiger partial charge in [-0.1, -0.05) is 19.1 Å². The number of thiophene rings is 1. The van der Waals surface area contributed by atoms with E-state index in [1.54, 1.807) is 11.3 Å². The van der Waals surface area contributed by atoms with Gasteiger partial charge in [0.1, 0.15) is 0 Å². The van der Waals surface area contributed by atoms with Gasteiger partial charge in [0.15, 0.2) is 5.84 Å². The fourth-order valence-corrected chi connectivity index (χ4v) is 4.80. The van der Waals surface area contributed by atoms with Crippen LogP contribution in [0.3, 0.4) is 0 Å². The van der Waals surface area contributed by atoms with E-state index in [1.807, 2.05) is 6.21 Å². The van der Waals surface area contributed by atoms with Crippen molar-refractivity contribution >= 4 is 29.1 Å². The standard InChI is InChI=1S/C22H31N5S/c1-16-7-8-19(26-13-11-25(4)12-14-26)22-24-17(2)9-10-23-27(22)21(18(16)3)20-6-5-15-28-20/h5-6,8,10,15-17H,7,9,11-14H2,1-4H3. The lowest BCUT2D eigenvalue weighted by Gasteiger charge is -2.39. The third-order valence-corrected chi connectivity index (χ3v) is 6.88. The smallest absolute Gasteiger partial charge is 0.173 e. The molecule has 0 N–H and O–H groups in total. The number of hydrogen-bond acceptors (Lipinski definition) is 6. The second-order valence-electron chi connectivity index (χ2n) is 8.17. The number of hydrogen-bond donors (Lipinski definition) is 0. The number of hydrazone groups is 1. The summed E-state index contributed by atoms with van der Waals surface area (Å²) in [5.74, 6) is 1.48. The van der Waals surface area contributed by atoms with Crippen molar-refractivity contribution in [3.05, 3.63) is 39.7 Å². The molecule has 5 nitrogen and oxygen atoms in total. The highest BCUT2D eigenvalue weighted by molar-refractivity contribution is 7.11. The maximum atomic E-state index is 5.16. The molecule has 1 aromatic heterocycles. The maximum absolute atomic E-state index is 5.16. The molecular formula is C22H31N5S. The van der Waals surface area contributed by atoms with E-state index < -0.39 is 0 Å². The predicted octanol–water partition coefficient (Wildman–Crippen LogP) is 4.13. The van der Waals surface area contributed by atoms with E-state index in [4.69, 9.17) is 10.1 Å². The summed E-state index contributed by atoms with van der Waals surface area (Å²) in [6, 6.07) is 4.57. The lowest BCUT2D eigenvalue weighted by atomic mass is 9.93. The van der Waals surface area contributed by atoms with Gasteiger partial charge in [-0.2, -0.15) is 5.10 Å². The summed E-state index contributed by atoms with van der Waals surface area (Å²) in [7, 11) is 2.20. The number of rotatable bonds is 2. The van der Waals surface area contributed by atoms with E-state index in [0.717, 1.165) is 44.9 Å². The lowest BCUT2D eigenvalue weighted by Crippen LogP contribution is -2.47. The second kappa shape index (κ2) is 8.21. The van der Waals surface area contributed by atoms with Crippen LogP contribution in [-0.2, 0) is 0 Å². The third-order valence-electron chi connectivity index (χ3n) is 6.00. The van der Waals surface area contributed by atoms with E-state index in [2.05, 4.69) is 66.2 Å². The quantitative estimate of drug-likeness (QED) is 0.753. The lowest BCUT2D eigenvalue weighted by molar-refractivity contribution is 0.190. The number of likely N-dealkylation sites (N-methyl/N-ethyl adjacent to an activating group) is 1. The van der Waals surface area contributed by atoms with Crippen LogP contribution >= 0.6 is 11.3 Å². The van der Waals surface area contributed by atoms with Gasteiger partial charge in [-0.15, -0.1) is 11.3 Å². The molecule has 0 radical (unpaired) electrons. The molecule has 2 unspecified atom stereocenters. The van der Waals surface area contributed by atoms with Crippen molar-refractivity contribution < 1.29 is 0 Å². The fraction of sp³-hybridized carbons (Fsp3) is 0.545. The van der Waals surface area contributed by atoms with Crippen LogP contribution in [0.5, 0.6) is 0 Å². The first kappa shape index (κ1) is 19.4. The van der Waals surface area contributed by atoms with Gasteiger partial charge in [0.25, 0.3) is 0 Å². The molecule has 4 rings (SSSR count). The molecule has 0 amide bonds. The molecule has 0 aromatic carbocycles. The summed E-state index contributed by atoms with van der Waals surface area (Å²) in [5, 5.41) is 9.21. The maximum Gasteiger partial charge on any atom is 0.173 e. The topological polar surface area (TPSA) is 34.4 Å². The van der Waals surface area contributed by atoms with Crippen molar-refractivity contribution in [1.82, 2.24) is 14.8 Å². The van der Waals surface area contributed by atoms with Gasteiger partial charge in [-0.05, 0) is 50.3 Å². The van der Waals surface area contributed by atoms with Gasteiger partial charge in [0.2, 0.25) is 0 Å². The van der Waals surface area contributed by atoms with Crippen LogP contribution in [0.15, 0.2) is 45.0 Å². The molecule has 0 aliphatic carbocycles. The van der Waals surface area contributed by atoms with Crippen LogP contribution in [-0.4, -0.2) is 66.1 Å². The summed E-state index contributed by atoms with van der Waals surface area (Å²) >= 11 is 1.78. The average molecular weight is 398 g/mol. The molecule has 28 heavy (non-hydrogen) atoms. The molecular weight excluding hydrogens is 366 g/mol. The van der Waals surface area contributed by atoms with E-state index >= 15 is 0 Å². The van der Waals surface area contributed by atoms with Gasteiger partial charge >= 0.3 is 0 Å². The molecule has 1 saturated heterocycles. The molecule has 0 bridgehead atoms. The minimum Gasteiger partial charge on any atom is -0.366 e. The molecule has 4 heterocycles. The Hall–Kier alpha value is -1.92. The third kappa shape index (κ3) is 3.80. The van der Waals surface area contributed by atoms with Crippen LogP contribution in [0.2, 0.25) is 0 Å². The molecule has 150 valence electrons. The van der Waals surface area contributed by atoms with Gasteiger partial charge in [0.05, 0.1) is 22.3 Å². The SMILES string of the molecule is CC1=C(c2cccs2)N2N=CCC(C)N=C2C(N2CCN(C)CC2)=CCC1C. The molecule has 3 aliphatic rings. The number of fused-ring (bicyclic) bond motifs is 1. The highest BCUT2D eigenvalue weighted by atomic mass is 32.1. The summed E-state index contributed by atoms with van der Waals surface area (Å²) in [5.41, 5.74) is 3.86. The molecule has 2 atom stereocenters. The summed E-state index contributed by atoms with van der Waals surface area (Å²) in [4.78, 5) is 11.3. The zero-order valence-electron chi connectivity index (χ0n) is 17.4. The number of nitrogens with zero attached hydrogens (tertiary/aromatic N) is 5. The van der Waals surface area contributed by atoms with Crippen molar-refractivity contribution in [1.29, 1.82) is 0 Å². The molecule has 1 fully saturated rings. The number of amidine groups is 1. The Bertz CT molecular complexity index is 812. The second-order valence-corrected chi connectivity index (χ2v) is 9.12. The first-order chi connectivity index (χ1) is 13.5. The molecule has 0 saturated carbocycles. The normalized spacial score (nSPS) is 27.0. The zero-order chi connectivity index (χ0) is 19.7. The Balaban J connectivity index is 1.82. The highest BCUT2D eigenvalue weighted by Crippen LogP contribution is 2.36. The first-order valence-corrected chi connectivity index (χ1v) is 11.2. The van der Waals surface area contributed by atoms with Gasteiger partial charge in [-0.3, -0.25) is 4.99 Å². The largest absolute Gasteiger partial charge is 0.366 e. The van der Waals surface area contributed by atoms with Crippen molar-refractivity contribution in [3.8, 4) is 0 Å². The molecule has 0 spiro atoms. The van der Waals surface area contributed by atoms with Crippen molar-refractivity contribution in [2.75, 3.05) is 33.2 Å². The van der Waals surface area contributed by atoms with Crippen molar-refractivity contribution in [3.63, 3.8) is 0 Å². The van der Waals surface area contributed by atoms with Crippen LogP contribution < -0.4 is 0 Å². The van der Waals surface area contributed by atoms with Crippen LogP contribution in [0.25, 0.3) is 5.70 Å². The predicted molar refractivity (Wildman–Crippen MR) is 120 cm³/mol. The van der Waals surface area contributed by atoms with Gasteiger partial charge in [-0.25, -0.2) is 5.01 Å². The Morgan fingerprint density at radius 2 is 1.89 bits per heavy atom. The Kier molecular flexibility index (Phi) is 5.69. The monoisotopic (exact) mass is 397 g/mol. The Morgan fingerprint density at radius 1 is 1.11 bits per heavy atom. The van der Waals surface area contributed by atoms with Crippen LogP contribution in [0.1, 0.15) is 38.5 Å². The Morgan fingerprint density at radius 3 is 2.61 bits per heavy atom. The fourth-order valence-electron chi connectivity index (χ4n) is 3.98. The molecule has 6 heteroatoms.